The third-order valence-electron chi connectivity index (χ3n) is 3.45. The number of hydrogen-bond donors (Lipinski definition) is 1. The van der Waals surface area contributed by atoms with Crippen LogP contribution in [0.15, 0.2) is 0 Å². The maximum atomic E-state index is 12.2. The number of Topliss-reactive ketones (excluding diaryl/α,β-unsaturated/α-hetero) is 1. The summed E-state index contributed by atoms with van der Waals surface area (Å²) in [5.74, 6) is 1.04. The standard InChI is InChI=1S/C14H22N2O2S/c1-4-5-8-16(2)14-12(18-3)10(15)13(19-14)11(17)9-6-7-9/h9H,4-8,15H2,1-3H3. The first kappa shape index (κ1) is 14.2. The Balaban J connectivity index is 2.27. The van der Waals surface area contributed by atoms with Crippen LogP contribution in [-0.4, -0.2) is 26.5 Å². The van der Waals surface area contributed by atoms with Gasteiger partial charge in [-0.1, -0.05) is 13.3 Å². The maximum Gasteiger partial charge on any atom is 0.178 e. The number of anilines is 2. The van der Waals surface area contributed by atoms with E-state index in [1.54, 1.807) is 7.11 Å². The smallest absolute Gasteiger partial charge is 0.178 e. The SMILES string of the molecule is CCCCN(C)c1sc(C(=O)C2CC2)c(N)c1OC. The number of methoxy groups -OCH3 is 1. The van der Waals surface area contributed by atoms with Gasteiger partial charge in [0.2, 0.25) is 0 Å². The third kappa shape index (κ3) is 2.86. The second kappa shape index (κ2) is 5.82. The van der Waals surface area contributed by atoms with E-state index in [9.17, 15) is 4.79 Å². The Bertz CT molecular complexity index is 466. The molecule has 0 aliphatic heterocycles. The van der Waals surface area contributed by atoms with Gasteiger partial charge >= 0.3 is 0 Å². The summed E-state index contributed by atoms with van der Waals surface area (Å²) in [5.41, 5.74) is 6.60. The van der Waals surface area contributed by atoms with Crippen molar-refractivity contribution >= 4 is 27.8 Å². The van der Waals surface area contributed by atoms with Crippen molar-refractivity contribution in [1.82, 2.24) is 0 Å². The Kier molecular flexibility index (Phi) is 4.34. The second-order valence-electron chi connectivity index (χ2n) is 5.10. The van der Waals surface area contributed by atoms with Gasteiger partial charge in [-0.2, -0.15) is 0 Å². The normalized spacial score (nSPS) is 14.5. The zero-order valence-electron chi connectivity index (χ0n) is 11.9. The fraction of sp³-hybridized carbons (Fsp3) is 0.643. The molecule has 0 radical (unpaired) electrons. The molecule has 1 heterocycles. The highest BCUT2D eigenvalue weighted by molar-refractivity contribution is 7.19. The number of nitrogen functional groups attached to an aromatic ring is 1. The molecule has 1 aliphatic rings. The average molecular weight is 282 g/mol. The molecule has 0 atom stereocenters. The van der Waals surface area contributed by atoms with Crippen LogP contribution < -0.4 is 15.4 Å². The molecule has 1 aliphatic carbocycles. The molecule has 2 N–H and O–H groups in total. The number of ether oxygens (including phenoxy) is 1. The van der Waals surface area contributed by atoms with Gasteiger partial charge in [0.25, 0.3) is 0 Å². The van der Waals surface area contributed by atoms with Crippen molar-refractivity contribution in [3.05, 3.63) is 4.88 Å². The van der Waals surface area contributed by atoms with Crippen LogP contribution in [-0.2, 0) is 0 Å². The van der Waals surface area contributed by atoms with Crippen molar-refractivity contribution in [3.8, 4) is 5.75 Å². The van der Waals surface area contributed by atoms with E-state index in [4.69, 9.17) is 10.5 Å². The monoisotopic (exact) mass is 282 g/mol. The Hall–Kier alpha value is -1.23. The van der Waals surface area contributed by atoms with E-state index in [2.05, 4.69) is 11.8 Å². The number of nitrogens with zero attached hydrogens (tertiary/aromatic N) is 1. The Morgan fingerprint density at radius 1 is 1.53 bits per heavy atom. The van der Waals surface area contributed by atoms with Crippen LogP contribution in [0, 0.1) is 5.92 Å². The van der Waals surface area contributed by atoms with Gasteiger partial charge in [0, 0.05) is 19.5 Å². The van der Waals surface area contributed by atoms with Crippen LogP contribution in [0.25, 0.3) is 0 Å². The van der Waals surface area contributed by atoms with Gasteiger partial charge < -0.3 is 15.4 Å². The van der Waals surface area contributed by atoms with Crippen LogP contribution in [0.1, 0.15) is 42.3 Å². The summed E-state index contributed by atoms with van der Waals surface area (Å²) in [6.07, 6.45) is 4.25. The van der Waals surface area contributed by atoms with E-state index < -0.39 is 0 Å². The van der Waals surface area contributed by atoms with Gasteiger partial charge in [-0.05, 0) is 19.3 Å². The first-order chi connectivity index (χ1) is 9.10. The van der Waals surface area contributed by atoms with Gasteiger partial charge in [0.05, 0.1) is 17.7 Å². The molecule has 1 aromatic heterocycles. The van der Waals surface area contributed by atoms with Crippen LogP contribution >= 0.6 is 11.3 Å². The lowest BCUT2D eigenvalue weighted by atomic mass is 10.2. The molecule has 106 valence electrons. The highest BCUT2D eigenvalue weighted by Gasteiger charge is 2.34. The zero-order valence-corrected chi connectivity index (χ0v) is 12.7. The van der Waals surface area contributed by atoms with Gasteiger partial charge in [-0.15, -0.1) is 11.3 Å². The number of nitrogens with two attached hydrogens (primary N) is 1. The molecule has 1 saturated carbocycles. The molecule has 0 bridgehead atoms. The topological polar surface area (TPSA) is 55.6 Å². The van der Waals surface area contributed by atoms with Crippen molar-refractivity contribution in [2.75, 3.05) is 31.3 Å². The van der Waals surface area contributed by atoms with Gasteiger partial charge in [0.15, 0.2) is 11.5 Å². The van der Waals surface area contributed by atoms with E-state index in [-0.39, 0.29) is 11.7 Å². The minimum atomic E-state index is 0.191. The minimum absolute atomic E-state index is 0.191. The molecule has 4 nitrogen and oxygen atoms in total. The third-order valence-corrected chi connectivity index (χ3v) is 4.77. The highest BCUT2D eigenvalue weighted by Crippen LogP contribution is 2.47. The summed E-state index contributed by atoms with van der Waals surface area (Å²) in [7, 11) is 3.63. The van der Waals surface area contributed by atoms with Crippen molar-refractivity contribution in [1.29, 1.82) is 0 Å². The zero-order chi connectivity index (χ0) is 14.0. The number of carbonyl (C=O) groups excluding carboxylic acids is 1. The molecule has 0 amide bonds. The van der Waals surface area contributed by atoms with Crippen LogP contribution in [0.3, 0.4) is 0 Å². The summed E-state index contributed by atoms with van der Waals surface area (Å²) in [6.45, 7) is 3.11. The number of rotatable bonds is 7. The van der Waals surface area contributed by atoms with Gasteiger partial charge in [0.1, 0.15) is 5.00 Å². The summed E-state index contributed by atoms with van der Waals surface area (Å²) in [6, 6.07) is 0. The number of unbranched alkanes of at least 4 members (excludes halogenated alkanes) is 1. The predicted molar refractivity (Wildman–Crippen MR) is 80.5 cm³/mol. The van der Waals surface area contributed by atoms with Gasteiger partial charge in [-0.3, -0.25) is 4.79 Å². The molecule has 1 fully saturated rings. The highest BCUT2D eigenvalue weighted by atomic mass is 32.1. The van der Waals surface area contributed by atoms with E-state index in [0.29, 0.717) is 16.3 Å². The lowest BCUT2D eigenvalue weighted by Gasteiger charge is -2.18. The second-order valence-corrected chi connectivity index (χ2v) is 6.10. The van der Waals surface area contributed by atoms with Crippen molar-refractivity contribution in [2.45, 2.75) is 32.6 Å². The molecule has 1 aromatic rings. The van der Waals surface area contributed by atoms with Crippen molar-refractivity contribution in [3.63, 3.8) is 0 Å². The van der Waals surface area contributed by atoms with Crippen molar-refractivity contribution < 1.29 is 9.53 Å². The molecule has 0 spiro atoms. The molecular weight excluding hydrogens is 260 g/mol. The summed E-state index contributed by atoms with van der Waals surface area (Å²) in [5, 5.41) is 0.970. The first-order valence-corrected chi connectivity index (χ1v) is 7.63. The molecule has 0 aromatic carbocycles. The number of thiophene rings is 1. The number of carbonyl (C=O) groups is 1. The van der Waals surface area contributed by atoms with Crippen LogP contribution in [0.2, 0.25) is 0 Å². The lowest BCUT2D eigenvalue weighted by molar-refractivity contribution is 0.0972. The van der Waals surface area contributed by atoms with E-state index in [1.807, 2.05) is 7.05 Å². The maximum absolute atomic E-state index is 12.2. The van der Waals surface area contributed by atoms with E-state index in [0.717, 1.165) is 37.2 Å². The Labute approximate surface area is 118 Å². The molecule has 19 heavy (non-hydrogen) atoms. The predicted octanol–water partition coefficient (Wildman–Crippen LogP) is 3.17. The fourth-order valence-corrected chi connectivity index (χ4v) is 3.27. The van der Waals surface area contributed by atoms with Gasteiger partial charge in [-0.25, -0.2) is 0 Å². The summed E-state index contributed by atoms with van der Waals surface area (Å²) >= 11 is 1.47. The Morgan fingerprint density at radius 2 is 2.21 bits per heavy atom. The van der Waals surface area contributed by atoms with Crippen LogP contribution in [0.5, 0.6) is 5.75 Å². The molecule has 0 unspecified atom stereocenters. The molecular formula is C14H22N2O2S. The largest absolute Gasteiger partial charge is 0.492 e. The van der Waals surface area contributed by atoms with E-state index >= 15 is 0 Å². The molecule has 2 rings (SSSR count). The Morgan fingerprint density at radius 3 is 2.74 bits per heavy atom. The minimum Gasteiger partial charge on any atom is -0.492 e. The lowest BCUT2D eigenvalue weighted by Crippen LogP contribution is -2.17. The molecule has 5 heteroatoms. The molecule has 0 saturated heterocycles. The van der Waals surface area contributed by atoms with E-state index in [1.165, 1.54) is 11.3 Å². The van der Waals surface area contributed by atoms with Crippen LogP contribution in [0.4, 0.5) is 10.7 Å². The quantitative estimate of drug-likeness (QED) is 0.780. The first-order valence-electron chi connectivity index (χ1n) is 6.81. The summed E-state index contributed by atoms with van der Waals surface area (Å²) < 4.78 is 5.40. The fourth-order valence-electron chi connectivity index (χ4n) is 2.08. The number of ketones is 1. The van der Waals surface area contributed by atoms with Crippen molar-refractivity contribution in [2.24, 2.45) is 5.92 Å². The average Bonchev–Trinajstić information content (AvgIpc) is 3.19. The number of hydrogen-bond acceptors (Lipinski definition) is 5. The summed E-state index contributed by atoms with van der Waals surface area (Å²) in [4.78, 5) is 15.0.